The second-order valence-electron chi connectivity index (χ2n) is 4.91. The number of nitrogens with zero attached hydrogens (tertiary/aromatic N) is 1. The average Bonchev–Trinajstić information content (AvgIpc) is 2.59. The van der Waals surface area contributed by atoms with Crippen molar-refractivity contribution in [3.05, 3.63) is 65.2 Å². The van der Waals surface area contributed by atoms with Crippen LogP contribution in [0.25, 0.3) is 0 Å². The summed E-state index contributed by atoms with van der Waals surface area (Å²) in [7, 11) is -2.68. The predicted octanol–water partition coefficient (Wildman–Crippen LogP) is 3.00. The maximum atomic E-state index is 12.8. The number of sulfonamides is 1. The summed E-state index contributed by atoms with van der Waals surface area (Å²) in [6.45, 7) is 3.85. The minimum absolute atomic E-state index is 0.228. The van der Waals surface area contributed by atoms with Gasteiger partial charge >= 0.3 is 0 Å². The van der Waals surface area contributed by atoms with Gasteiger partial charge in [-0.05, 0) is 18.2 Å². The average molecular weight is 363 g/mol. The summed E-state index contributed by atoms with van der Waals surface area (Å²) in [6, 6.07) is 10.0. The van der Waals surface area contributed by atoms with Crippen LogP contribution in [-0.4, -0.2) is 27.0 Å². The summed E-state index contributed by atoms with van der Waals surface area (Å²) in [4.78, 5) is 10.1. The van der Waals surface area contributed by atoms with Crippen LogP contribution < -0.4 is 14.8 Å². The number of nitro benzene ring substituents is 1. The number of nitrogens with one attached hydrogen (secondary N) is 2. The quantitative estimate of drug-likeness (QED) is 0.424. The van der Waals surface area contributed by atoms with Crippen LogP contribution in [0.1, 0.15) is 0 Å². The van der Waals surface area contributed by atoms with Gasteiger partial charge in [0.15, 0.2) is 0 Å². The predicted molar refractivity (Wildman–Crippen MR) is 95.6 cm³/mol. The first kappa shape index (κ1) is 18.3. The Kier molecular flexibility index (Phi) is 5.60. The minimum Gasteiger partial charge on any atom is -0.495 e. The van der Waals surface area contributed by atoms with Gasteiger partial charge in [-0.25, -0.2) is 8.42 Å². The first-order chi connectivity index (χ1) is 11.9. The number of non-ortho nitro benzene ring substituents is 1. The number of hydrogen-bond donors (Lipinski definition) is 2. The number of hydrogen-bond acceptors (Lipinski definition) is 6. The molecule has 0 bridgehead atoms. The van der Waals surface area contributed by atoms with E-state index in [2.05, 4.69) is 16.6 Å². The van der Waals surface area contributed by atoms with Crippen LogP contribution >= 0.6 is 0 Å². The highest BCUT2D eigenvalue weighted by Crippen LogP contribution is 2.31. The van der Waals surface area contributed by atoms with Gasteiger partial charge in [0.2, 0.25) is 0 Å². The summed E-state index contributed by atoms with van der Waals surface area (Å²) in [5.41, 5.74) is 0.128. The van der Waals surface area contributed by atoms with Crippen molar-refractivity contribution < 1.29 is 18.1 Å². The fraction of sp³-hybridized carbons (Fsp3) is 0.125. The minimum atomic E-state index is -4.09. The van der Waals surface area contributed by atoms with E-state index in [0.717, 1.165) is 6.07 Å². The van der Waals surface area contributed by atoms with Crippen LogP contribution in [0.2, 0.25) is 0 Å². The molecule has 9 heteroatoms. The molecule has 2 aromatic rings. The standard InChI is InChI=1S/C16H17N3O5S/c1-3-10-17-14-9-8-12(19(20)21)11-16(14)25(22,23)18-13-6-4-5-7-15(13)24-2/h3-9,11,17-18H,1,10H2,2H3. The van der Waals surface area contributed by atoms with Gasteiger partial charge in [0, 0.05) is 18.7 Å². The fourth-order valence-electron chi connectivity index (χ4n) is 2.10. The molecule has 0 heterocycles. The van der Waals surface area contributed by atoms with Crippen LogP contribution in [0.5, 0.6) is 5.75 Å². The third kappa shape index (κ3) is 4.27. The van der Waals surface area contributed by atoms with Gasteiger partial charge < -0.3 is 10.1 Å². The summed E-state index contributed by atoms with van der Waals surface area (Å²) in [5.74, 6) is 0.331. The van der Waals surface area contributed by atoms with E-state index in [4.69, 9.17) is 4.74 Å². The first-order valence-corrected chi connectivity index (χ1v) is 8.66. The van der Waals surface area contributed by atoms with E-state index in [-0.39, 0.29) is 22.0 Å². The summed E-state index contributed by atoms with van der Waals surface area (Å²) in [6.07, 6.45) is 1.55. The molecule has 0 fully saturated rings. The molecular formula is C16H17N3O5S. The Morgan fingerprint density at radius 2 is 1.96 bits per heavy atom. The molecule has 8 nitrogen and oxygen atoms in total. The van der Waals surface area contributed by atoms with E-state index in [1.54, 1.807) is 24.3 Å². The van der Waals surface area contributed by atoms with Crippen LogP contribution in [0, 0.1) is 10.1 Å². The van der Waals surface area contributed by atoms with Gasteiger partial charge in [-0.3, -0.25) is 14.8 Å². The lowest BCUT2D eigenvalue weighted by molar-refractivity contribution is -0.385. The van der Waals surface area contributed by atoms with Crippen LogP contribution in [-0.2, 0) is 10.0 Å². The Morgan fingerprint density at radius 3 is 2.60 bits per heavy atom. The number of rotatable bonds is 8. The normalized spacial score (nSPS) is 10.8. The summed E-state index contributed by atoms with van der Waals surface area (Å²) in [5, 5.41) is 13.9. The SMILES string of the molecule is C=CCNc1ccc([N+](=O)[O-])cc1S(=O)(=O)Nc1ccccc1OC. The fourth-order valence-corrected chi connectivity index (χ4v) is 3.38. The molecular weight excluding hydrogens is 346 g/mol. The molecule has 0 saturated heterocycles. The Balaban J connectivity index is 2.50. The molecule has 0 amide bonds. The number of para-hydroxylation sites is 2. The monoisotopic (exact) mass is 363 g/mol. The highest BCUT2D eigenvalue weighted by molar-refractivity contribution is 7.93. The van der Waals surface area contributed by atoms with Crippen LogP contribution in [0.15, 0.2) is 60.0 Å². The zero-order chi connectivity index (χ0) is 18.4. The lowest BCUT2D eigenvalue weighted by Crippen LogP contribution is -2.16. The Bertz CT molecular complexity index is 896. The maximum absolute atomic E-state index is 12.8. The summed E-state index contributed by atoms with van der Waals surface area (Å²) >= 11 is 0. The lowest BCUT2D eigenvalue weighted by atomic mass is 10.3. The molecule has 0 atom stereocenters. The zero-order valence-electron chi connectivity index (χ0n) is 13.4. The van der Waals surface area contributed by atoms with E-state index >= 15 is 0 Å². The third-order valence-electron chi connectivity index (χ3n) is 3.25. The molecule has 0 aromatic heterocycles. The number of ether oxygens (including phenoxy) is 1. The first-order valence-electron chi connectivity index (χ1n) is 7.18. The van der Waals surface area contributed by atoms with Crippen LogP contribution in [0.3, 0.4) is 0 Å². The van der Waals surface area contributed by atoms with Gasteiger partial charge in [0.1, 0.15) is 10.6 Å². The number of methoxy groups -OCH3 is 1. The Morgan fingerprint density at radius 1 is 1.24 bits per heavy atom. The molecule has 0 spiro atoms. The molecule has 0 aliphatic carbocycles. The van der Waals surface area contributed by atoms with Crippen molar-refractivity contribution in [1.29, 1.82) is 0 Å². The Labute approximate surface area is 145 Å². The van der Waals surface area contributed by atoms with Gasteiger partial charge in [0.25, 0.3) is 15.7 Å². The van der Waals surface area contributed by atoms with Crippen molar-refractivity contribution >= 4 is 27.1 Å². The van der Waals surface area contributed by atoms with Crippen molar-refractivity contribution in [2.24, 2.45) is 0 Å². The second-order valence-corrected chi connectivity index (χ2v) is 6.56. The molecule has 0 aliphatic rings. The second kappa shape index (κ2) is 7.67. The Hall–Kier alpha value is -3.07. The zero-order valence-corrected chi connectivity index (χ0v) is 14.2. The van der Waals surface area contributed by atoms with E-state index in [9.17, 15) is 18.5 Å². The molecule has 132 valence electrons. The number of benzene rings is 2. The topological polar surface area (TPSA) is 111 Å². The lowest BCUT2D eigenvalue weighted by Gasteiger charge is -2.14. The molecule has 0 unspecified atom stereocenters. The van der Waals surface area contributed by atoms with E-state index in [0.29, 0.717) is 12.3 Å². The molecule has 2 N–H and O–H groups in total. The van der Waals surface area contributed by atoms with Crippen molar-refractivity contribution in [1.82, 2.24) is 0 Å². The van der Waals surface area contributed by atoms with Gasteiger partial charge in [-0.1, -0.05) is 18.2 Å². The van der Waals surface area contributed by atoms with Crippen molar-refractivity contribution in [2.45, 2.75) is 4.90 Å². The van der Waals surface area contributed by atoms with Crippen molar-refractivity contribution in [2.75, 3.05) is 23.7 Å². The molecule has 0 saturated carbocycles. The van der Waals surface area contributed by atoms with Crippen LogP contribution in [0.4, 0.5) is 17.1 Å². The number of nitro groups is 1. The highest BCUT2D eigenvalue weighted by Gasteiger charge is 2.23. The van der Waals surface area contributed by atoms with E-state index in [1.807, 2.05) is 0 Å². The van der Waals surface area contributed by atoms with Crippen molar-refractivity contribution in [3.63, 3.8) is 0 Å². The van der Waals surface area contributed by atoms with Gasteiger partial charge in [-0.15, -0.1) is 6.58 Å². The third-order valence-corrected chi connectivity index (χ3v) is 4.66. The van der Waals surface area contributed by atoms with Crippen molar-refractivity contribution in [3.8, 4) is 5.75 Å². The molecule has 0 aliphatic heterocycles. The largest absolute Gasteiger partial charge is 0.495 e. The molecule has 2 rings (SSSR count). The van der Waals surface area contributed by atoms with Gasteiger partial charge in [0.05, 0.1) is 23.4 Å². The maximum Gasteiger partial charge on any atom is 0.270 e. The smallest absolute Gasteiger partial charge is 0.270 e. The van der Waals surface area contributed by atoms with Gasteiger partial charge in [-0.2, -0.15) is 0 Å². The molecule has 25 heavy (non-hydrogen) atoms. The number of anilines is 2. The van der Waals surface area contributed by atoms with E-state index < -0.39 is 14.9 Å². The molecule has 0 radical (unpaired) electrons. The summed E-state index contributed by atoms with van der Waals surface area (Å²) < 4.78 is 33.1. The van der Waals surface area contributed by atoms with E-state index in [1.165, 1.54) is 25.3 Å². The molecule has 2 aromatic carbocycles. The highest BCUT2D eigenvalue weighted by atomic mass is 32.2.